The Morgan fingerprint density at radius 1 is 1.44 bits per heavy atom. The van der Waals surface area contributed by atoms with Crippen LogP contribution in [0, 0.1) is 16.7 Å². The highest BCUT2D eigenvalue weighted by Crippen LogP contribution is 2.53. The van der Waals surface area contributed by atoms with Crippen LogP contribution < -0.4 is 0 Å². The van der Waals surface area contributed by atoms with E-state index in [-0.39, 0.29) is 16.9 Å². The second kappa shape index (κ2) is 5.21. The summed E-state index contributed by atoms with van der Waals surface area (Å²) in [5.41, 5.74) is 3.05. The zero-order valence-electron chi connectivity index (χ0n) is 13.0. The molecule has 1 rings (SSSR count). The van der Waals surface area contributed by atoms with Crippen LogP contribution in [0.3, 0.4) is 0 Å². The molecule has 1 nitrogen and oxygen atoms in total. The molecule has 2 unspecified atom stereocenters. The minimum atomic E-state index is -0.240. The van der Waals surface area contributed by atoms with Gasteiger partial charge in [-0.25, -0.2) is 0 Å². The van der Waals surface area contributed by atoms with Crippen molar-refractivity contribution in [3.8, 4) is 0 Å². The van der Waals surface area contributed by atoms with Crippen LogP contribution in [0.4, 0.5) is 0 Å². The van der Waals surface area contributed by atoms with Gasteiger partial charge in [-0.3, -0.25) is 0 Å². The van der Waals surface area contributed by atoms with Gasteiger partial charge in [0.05, 0.1) is 6.10 Å². The molecule has 0 saturated carbocycles. The van der Waals surface area contributed by atoms with Crippen molar-refractivity contribution in [3.05, 3.63) is 23.8 Å². The van der Waals surface area contributed by atoms with E-state index in [1.807, 2.05) is 6.92 Å². The highest BCUT2D eigenvalue weighted by Gasteiger charge is 2.44. The van der Waals surface area contributed by atoms with Crippen LogP contribution >= 0.6 is 0 Å². The topological polar surface area (TPSA) is 20.2 Å². The van der Waals surface area contributed by atoms with Crippen LogP contribution in [0.2, 0.25) is 0 Å². The van der Waals surface area contributed by atoms with E-state index < -0.39 is 0 Å². The van der Waals surface area contributed by atoms with E-state index in [1.54, 1.807) is 0 Å². The van der Waals surface area contributed by atoms with Crippen LogP contribution in [0.15, 0.2) is 23.8 Å². The molecule has 0 aliphatic heterocycles. The molecule has 0 radical (unpaired) electrons. The number of hydrogen-bond donors (Lipinski definition) is 1. The zero-order chi connectivity index (χ0) is 14.1. The number of aliphatic hydroxyl groups excluding tert-OH is 1. The predicted molar refractivity (Wildman–Crippen MR) is 79.5 cm³/mol. The van der Waals surface area contributed by atoms with E-state index >= 15 is 0 Å². The van der Waals surface area contributed by atoms with Crippen LogP contribution in [0.1, 0.15) is 60.8 Å². The van der Waals surface area contributed by atoms with E-state index in [0.29, 0.717) is 5.92 Å². The maximum atomic E-state index is 9.88. The summed E-state index contributed by atoms with van der Waals surface area (Å²) in [7, 11) is 0. The summed E-state index contributed by atoms with van der Waals surface area (Å²) in [4.78, 5) is 0. The molecule has 0 spiro atoms. The lowest BCUT2D eigenvalue weighted by Crippen LogP contribution is -2.40. The van der Waals surface area contributed by atoms with Crippen molar-refractivity contribution in [2.75, 3.05) is 0 Å². The Hall–Kier alpha value is -0.560. The molecule has 0 amide bonds. The summed E-state index contributed by atoms with van der Waals surface area (Å²) in [6.07, 6.45) is 4.83. The average molecular weight is 250 g/mol. The molecule has 1 aliphatic rings. The molecule has 0 saturated heterocycles. The van der Waals surface area contributed by atoms with E-state index in [0.717, 1.165) is 19.3 Å². The van der Waals surface area contributed by atoms with Gasteiger partial charge < -0.3 is 5.11 Å². The smallest absolute Gasteiger partial charge is 0.0574 e. The van der Waals surface area contributed by atoms with E-state index in [4.69, 9.17) is 0 Å². The molecule has 104 valence electrons. The normalized spacial score (nSPS) is 27.5. The predicted octanol–water partition coefficient (Wildman–Crippen LogP) is 4.72. The van der Waals surface area contributed by atoms with Crippen LogP contribution in [-0.4, -0.2) is 11.2 Å². The fourth-order valence-corrected chi connectivity index (χ4v) is 4.24. The van der Waals surface area contributed by atoms with Crippen molar-refractivity contribution in [2.24, 2.45) is 16.7 Å². The SMILES string of the molecule is C=C(CC(O)CC)C1C(C)(C)C=C(C)CC1(C)C. The van der Waals surface area contributed by atoms with Gasteiger partial charge in [0.2, 0.25) is 0 Å². The number of rotatable bonds is 4. The second-order valence-electron chi connectivity index (χ2n) is 7.33. The molecule has 1 N–H and O–H groups in total. The molecule has 1 heteroatoms. The van der Waals surface area contributed by atoms with Crippen molar-refractivity contribution in [3.63, 3.8) is 0 Å². The van der Waals surface area contributed by atoms with Crippen molar-refractivity contribution in [1.29, 1.82) is 0 Å². The maximum absolute atomic E-state index is 9.88. The monoisotopic (exact) mass is 250 g/mol. The third-order valence-electron chi connectivity index (χ3n) is 4.26. The van der Waals surface area contributed by atoms with Gasteiger partial charge in [-0.2, -0.15) is 0 Å². The number of aliphatic hydroxyl groups is 1. The van der Waals surface area contributed by atoms with Gasteiger partial charge in [-0.15, -0.1) is 0 Å². The highest BCUT2D eigenvalue weighted by molar-refractivity contribution is 5.24. The van der Waals surface area contributed by atoms with Crippen LogP contribution in [0.25, 0.3) is 0 Å². The quantitative estimate of drug-likeness (QED) is 0.716. The van der Waals surface area contributed by atoms with Gasteiger partial charge in [0.15, 0.2) is 0 Å². The summed E-state index contributed by atoms with van der Waals surface area (Å²) in [5, 5.41) is 9.88. The van der Waals surface area contributed by atoms with Crippen molar-refractivity contribution in [2.45, 2.75) is 66.9 Å². The molecular weight excluding hydrogens is 220 g/mol. The minimum Gasteiger partial charge on any atom is -0.393 e. The largest absolute Gasteiger partial charge is 0.393 e. The Labute approximate surface area is 113 Å². The molecule has 0 aromatic carbocycles. The number of allylic oxidation sites excluding steroid dienone is 2. The minimum absolute atomic E-state index is 0.135. The first-order valence-corrected chi connectivity index (χ1v) is 7.14. The Kier molecular flexibility index (Phi) is 4.48. The van der Waals surface area contributed by atoms with E-state index in [2.05, 4.69) is 47.3 Å². The van der Waals surface area contributed by atoms with Gasteiger partial charge in [0, 0.05) is 0 Å². The van der Waals surface area contributed by atoms with Gasteiger partial charge in [-0.05, 0) is 42.9 Å². The van der Waals surface area contributed by atoms with Crippen LogP contribution in [-0.2, 0) is 0 Å². The first kappa shape index (κ1) is 15.5. The fraction of sp³-hybridized carbons (Fsp3) is 0.765. The molecule has 0 bridgehead atoms. The standard InChI is InChI=1S/C17H30O/c1-8-14(18)9-13(3)15-16(4,5)10-12(2)11-17(15,6)7/h10,14-15,18H,3,8-9,11H2,1-2,4-7H3. The summed E-state index contributed by atoms with van der Waals surface area (Å²) < 4.78 is 0. The lowest BCUT2D eigenvalue weighted by atomic mass is 9.56. The maximum Gasteiger partial charge on any atom is 0.0574 e. The Balaban J connectivity index is 3.00. The average Bonchev–Trinajstić information content (AvgIpc) is 2.11. The van der Waals surface area contributed by atoms with Crippen molar-refractivity contribution < 1.29 is 5.11 Å². The lowest BCUT2D eigenvalue weighted by Gasteiger charge is -2.49. The second-order valence-corrected chi connectivity index (χ2v) is 7.33. The van der Waals surface area contributed by atoms with E-state index in [1.165, 1.54) is 11.1 Å². The molecule has 1 aliphatic carbocycles. The lowest BCUT2D eigenvalue weighted by molar-refractivity contribution is 0.105. The molecule has 18 heavy (non-hydrogen) atoms. The summed E-state index contributed by atoms with van der Waals surface area (Å²) >= 11 is 0. The summed E-state index contributed by atoms with van der Waals surface area (Å²) in [6.45, 7) is 17.8. The van der Waals surface area contributed by atoms with Crippen molar-refractivity contribution in [1.82, 2.24) is 0 Å². The van der Waals surface area contributed by atoms with Crippen molar-refractivity contribution >= 4 is 0 Å². The molecular formula is C17H30O. The van der Waals surface area contributed by atoms with Gasteiger partial charge in [0.25, 0.3) is 0 Å². The highest BCUT2D eigenvalue weighted by atomic mass is 16.3. The Morgan fingerprint density at radius 2 is 2.00 bits per heavy atom. The Morgan fingerprint density at radius 3 is 2.44 bits per heavy atom. The Bertz CT molecular complexity index is 347. The molecule has 0 aromatic heterocycles. The zero-order valence-corrected chi connectivity index (χ0v) is 13.0. The molecule has 0 aromatic rings. The molecule has 0 heterocycles. The number of hydrogen-bond acceptors (Lipinski definition) is 1. The van der Waals surface area contributed by atoms with E-state index in [9.17, 15) is 5.11 Å². The van der Waals surface area contributed by atoms with Crippen LogP contribution in [0.5, 0.6) is 0 Å². The van der Waals surface area contributed by atoms with Gasteiger partial charge in [-0.1, -0.05) is 58.4 Å². The third-order valence-corrected chi connectivity index (χ3v) is 4.26. The van der Waals surface area contributed by atoms with Gasteiger partial charge >= 0.3 is 0 Å². The first-order valence-electron chi connectivity index (χ1n) is 7.14. The fourth-order valence-electron chi connectivity index (χ4n) is 4.24. The molecule has 2 atom stereocenters. The third kappa shape index (κ3) is 3.26. The van der Waals surface area contributed by atoms with Gasteiger partial charge in [0.1, 0.15) is 0 Å². The first-order chi connectivity index (χ1) is 8.10. The summed E-state index contributed by atoms with van der Waals surface area (Å²) in [6, 6.07) is 0. The summed E-state index contributed by atoms with van der Waals surface area (Å²) in [5.74, 6) is 0.440. The molecule has 0 fully saturated rings.